The van der Waals surface area contributed by atoms with Crippen molar-refractivity contribution in [2.75, 3.05) is 4.90 Å². The summed E-state index contributed by atoms with van der Waals surface area (Å²) in [5.41, 5.74) is 2.98. The zero-order valence-corrected chi connectivity index (χ0v) is 14.9. The van der Waals surface area contributed by atoms with Gasteiger partial charge in [-0.3, -0.25) is 14.9 Å². The number of nitrogens with one attached hydrogen (secondary N) is 1. The Labute approximate surface area is 155 Å². The van der Waals surface area contributed by atoms with Crippen molar-refractivity contribution in [1.29, 1.82) is 0 Å². The van der Waals surface area contributed by atoms with Gasteiger partial charge in [0.2, 0.25) is 0 Å². The lowest BCUT2D eigenvalue weighted by atomic mass is 10.1. The van der Waals surface area contributed by atoms with Gasteiger partial charge in [-0.15, -0.1) is 0 Å². The van der Waals surface area contributed by atoms with Crippen LogP contribution in [0.2, 0.25) is 0 Å². The van der Waals surface area contributed by atoms with Crippen molar-refractivity contribution >= 4 is 40.5 Å². The number of para-hydroxylation sites is 1. The van der Waals surface area contributed by atoms with E-state index in [-0.39, 0.29) is 5.57 Å². The standard InChI is InChI=1S/C21H17N3O3/c1-13-6-5-7-15(10-13)24-20(26)17(19(25)22-21(24)27)11-14-12-23(2)18-9-4-3-8-16(14)18/h3-12H,1-2H3,(H,22,25,27)/b17-11-. The summed E-state index contributed by atoms with van der Waals surface area (Å²) in [6, 6.07) is 14.0. The summed E-state index contributed by atoms with van der Waals surface area (Å²) in [7, 11) is 1.90. The van der Waals surface area contributed by atoms with E-state index in [1.54, 1.807) is 18.2 Å². The largest absolute Gasteiger partial charge is 0.350 e. The number of amides is 4. The molecule has 1 N–H and O–H groups in total. The fourth-order valence-electron chi connectivity index (χ4n) is 3.30. The van der Waals surface area contributed by atoms with Gasteiger partial charge < -0.3 is 4.57 Å². The second-order valence-electron chi connectivity index (χ2n) is 6.51. The van der Waals surface area contributed by atoms with Crippen LogP contribution in [0.5, 0.6) is 0 Å². The number of carbonyl (C=O) groups excluding carboxylic acids is 3. The molecule has 2 aromatic carbocycles. The van der Waals surface area contributed by atoms with Gasteiger partial charge in [-0.2, -0.15) is 0 Å². The highest BCUT2D eigenvalue weighted by molar-refractivity contribution is 6.39. The lowest BCUT2D eigenvalue weighted by molar-refractivity contribution is -0.122. The van der Waals surface area contributed by atoms with Crippen LogP contribution in [0.1, 0.15) is 11.1 Å². The number of anilines is 1. The normalized spacial score (nSPS) is 16.3. The highest BCUT2D eigenvalue weighted by Gasteiger charge is 2.36. The molecule has 0 unspecified atom stereocenters. The molecule has 1 aliphatic rings. The van der Waals surface area contributed by atoms with E-state index < -0.39 is 17.8 Å². The summed E-state index contributed by atoms with van der Waals surface area (Å²) in [5.74, 6) is -1.33. The highest BCUT2D eigenvalue weighted by Crippen LogP contribution is 2.26. The van der Waals surface area contributed by atoms with Crippen molar-refractivity contribution < 1.29 is 14.4 Å². The van der Waals surface area contributed by atoms with Crippen LogP contribution in [0.4, 0.5) is 10.5 Å². The van der Waals surface area contributed by atoms with E-state index in [4.69, 9.17) is 0 Å². The molecule has 6 nitrogen and oxygen atoms in total. The van der Waals surface area contributed by atoms with Crippen LogP contribution in [-0.4, -0.2) is 22.4 Å². The molecule has 0 spiro atoms. The number of aryl methyl sites for hydroxylation is 2. The molecule has 4 amide bonds. The fraction of sp³-hybridized carbons (Fsp3) is 0.0952. The van der Waals surface area contributed by atoms with Crippen molar-refractivity contribution in [2.45, 2.75) is 6.92 Å². The Hall–Kier alpha value is -3.67. The Bertz CT molecular complexity index is 1140. The van der Waals surface area contributed by atoms with Crippen LogP contribution in [0, 0.1) is 6.92 Å². The zero-order chi connectivity index (χ0) is 19.1. The van der Waals surface area contributed by atoms with Gasteiger partial charge in [-0.05, 0) is 36.8 Å². The van der Waals surface area contributed by atoms with Crippen molar-refractivity contribution in [3.8, 4) is 0 Å². The Morgan fingerprint density at radius 1 is 1.00 bits per heavy atom. The first-order valence-corrected chi connectivity index (χ1v) is 8.48. The second kappa shape index (κ2) is 6.25. The number of fused-ring (bicyclic) bond motifs is 1. The first-order valence-electron chi connectivity index (χ1n) is 8.48. The van der Waals surface area contributed by atoms with Gasteiger partial charge >= 0.3 is 6.03 Å². The molecular weight excluding hydrogens is 342 g/mol. The van der Waals surface area contributed by atoms with E-state index in [2.05, 4.69) is 5.32 Å². The Kier molecular flexibility index (Phi) is 3.88. The molecule has 3 aromatic rings. The maximum absolute atomic E-state index is 13.0. The van der Waals surface area contributed by atoms with E-state index in [1.807, 2.05) is 55.1 Å². The molecule has 0 radical (unpaired) electrons. The average molecular weight is 359 g/mol. The van der Waals surface area contributed by atoms with Gasteiger partial charge in [0.1, 0.15) is 5.57 Å². The lowest BCUT2D eigenvalue weighted by Crippen LogP contribution is -2.54. The van der Waals surface area contributed by atoms with Gasteiger partial charge in [0.15, 0.2) is 0 Å². The molecule has 0 saturated carbocycles. The molecule has 27 heavy (non-hydrogen) atoms. The minimum atomic E-state index is -0.745. The summed E-state index contributed by atoms with van der Waals surface area (Å²) in [4.78, 5) is 38.6. The summed E-state index contributed by atoms with van der Waals surface area (Å²) in [6.07, 6.45) is 3.39. The van der Waals surface area contributed by atoms with Crippen molar-refractivity contribution in [3.63, 3.8) is 0 Å². The summed E-state index contributed by atoms with van der Waals surface area (Å²) in [6.45, 7) is 1.87. The van der Waals surface area contributed by atoms with Crippen LogP contribution < -0.4 is 10.2 Å². The van der Waals surface area contributed by atoms with E-state index in [9.17, 15) is 14.4 Å². The van der Waals surface area contributed by atoms with Crippen LogP contribution in [-0.2, 0) is 16.6 Å². The van der Waals surface area contributed by atoms with E-state index in [1.165, 1.54) is 6.08 Å². The number of urea groups is 1. The quantitative estimate of drug-likeness (QED) is 0.564. The third-order valence-electron chi connectivity index (χ3n) is 4.59. The van der Waals surface area contributed by atoms with Gasteiger partial charge in [0.25, 0.3) is 11.8 Å². The first kappa shape index (κ1) is 16.8. The monoisotopic (exact) mass is 359 g/mol. The Morgan fingerprint density at radius 3 is 2.56 bits per heavy atom. The van der Waals surface area contributed by atoms with Crippen LogP contribution >= 0.6 is 0 Å². The third kappa shape index (κ3) is 2.81. The fourth-order valence-corrected chi connectivity index (χ4v) is 3.30. The smallest absolute Gasteiger partial charge is 0.335 e. The molecule has 6 heteroatoms. The summed E-state index contributed by atoms with van der Waals surface area (Å²) < 4.78 is 1.93. The predicted molar refractivity (Wildman–Crippen MR) is 103 cm³/mol. The average Bonchev–Trinajstić information content (AvgIpc) is 2.95. The Morgan fingerprint density at radius 2 is 1.78 bits per heavy atom. The van der Waals surface area contributed by atoms with E-state index in [0.717, 1.165) is 26.9 Å². The molecule has 2 heterocycles. The number of barbiturate groups is 1. The van der Waals surface area contributed by atoms with Gasteiger partial charge in [0, 0.05) is 29.7 Å². The summed E-state index contributed by atoms with van der Waals surface area (Å²) >= 11 is 0. The van der Waals surface area contributed by atoms with E-state index >= 15 is 0 Å². The topological polar surface area (TPSA) is 71.4 Å². The number of hydrogen-bond acceptors (Lipinski definition) is 3. The molecule has 1 aliphatic heterocycles. The SMILES string of the molecule is Cc1cccc(N2C(=O)NC(=O)/C(=C/c3cn(C)c4ccccc34)C2=O)c1. The van der Waals surface area contributed by atoms with Gasteiger partial charge in [-0.25, -0.2) is 9.69 Å². The van der Waals surface area contributed by atoms with Crippen LogP contribution in [0.3, 0.4) is 0 Å². The van der Waals surface area contributed by atoms with Gasteiger partial charge in [-0.1, -0.05) is 30.3 Å². The first-order chi connectivity index (χ1) is 13.0. The minimum Gasteiger partial charge on any atom is -0.350 e. The van der Waals surface area contributed by atoms with Crippen molar-refractivity contribution in [1.82, 2.24) is 9.88 Å². The molecule has 0 aliphatic carbocycles. The van der Waals surface area contributed by atoms with Crippen molar-refractivity contribution in [2.24, 2.45) is 7.05 Å². The van der Waals surface area contributed by atoms with Crippen molar-refractivity contribution in [3.05, 3.63) is 71.4 Å². The van der Waals surface area contributed by atoms with Gasteiger partial charge in [0.05, 0.1) is 5.69 Å². The van der Waals surface area contributed by atoms with Crippen LogP contribution in [0.15, 0.2) is 60.3 Å². The number of carbonyl (C=O) groups is 3. The number of rotatable bonds is 2. The number of imide groups is 2. The Balaban J connectivity index is 1.82. The number of benzene rings is 2. The predicted octanol–water partition coefficient (Wildman–Crippen LogP) is 3.15. The number of nitrogens with zero attached hydrogens (tertiary/aromatic N) is 2. The van der Waals surface area contributed by atoms with Crippen LogP contribution in [0.25, 0.3) is 17.0 Å². The van der Waals surface area contributed by atoms with E-state index in [0.29, 0.717) is 5.69 Å². The molecule has 134 valence electrons. The maximum Gasteiger partial charge on any atom is 0.335 e. The molecule has 0 bridgehead atoms. The second-order valence-corrected chi connectivity index (χ2v) is 6.51. The molecule has 0 atom stereocenters. The highest BCUT2D eigenvalue weighted by atomic mass is 16.2. The molecule has 1 fully saturated rings. The maximum atomic E-state index is 13.0. The third-order valence-corrected chi connectivity index (χ3v) is 4.59. The number of aromatic nitrogens is 1. The summed E-state index contributed by atoms with van der Waals surface area (Å²) in [5, 5.41) is 3.18. The number of hydrogen-bond donors (Lipinski definition) is 1. The zero-order valence-electron chi connectivity index (χ0n) is 14.9. The molecule has 1 aromatic heterocycles. The minimum absolute atomic E-state index is 0.0764. The lowest BCUT2D eigenvalue weighted by Gasteiger charge is -2.26. The molecule has 1 saturated heterocycles. The molecular formula is C21H17N3O3. The molecule has 4 rings (SSSR count).